The van der Waals surface area contributed by atoms with E-state index in [9.17, 15) is 9.59 Å². The fourth-order valence-electron chi connectivity index (χ4n) is 3.06. The van der Waals surface area contributed by atoms with E-state index >= 15 is 0 Å². The van der Waals surface area contributed by atoms with E-state index in [-0.39, 0.29) is 18.2 Å². The van der Waals surface area contributed by atoms with Gasteiger partial charge in [-0.15, -0.1) is 0 Å². The Bertz CT molecular complexity index is 787. The highest BCUT2D eigenvalue weighted by molar-refractivity contribution is 6.30. The van der Waals surface area contributed by atoms with Gasteiger partial charge in [-0.2, -0.15) is 0 Å². The van der Waals surface area contributed by atoms with E-state index in [2.05, 4.69) is 22.3 Å². The maximum Gasteiger partial charge on any atom is 0.233 e. The van der Waals surface area contributed by atoms with E-state index in [1.54, 1.807) is 23.1 Å². The highest BCUT2D eigenvalue weighted by atomic mass is 35.5. The van der Waals surface area contributed by atoms with Crippen LogP contribution in [-0.2, 0) is 9.59 Å². The van der Waals surface area contributed by atoms with E-state index in [4.69, 9.17) is 11.6 Å². The van der Waals surface area contributed by atoms with E-state index in [0.717, 1.165) is 24.3 Å². The maximum absolute atomic E-state index is 12.4. The molecule has 2 amide bonds. The number of para-hydroxylation sites is 1. The van der Waals surface area contributed by atoms with Crippen molar-refractivity contribution >= 4 is 34.8 Å². The Morgan fingerprint density at radius 3 is 2.38 bits per heavy atom. The molecule has 0 aromatic heterocycles. The molecule has 0 saturated carbocycles. The maximum atomic E-state index is 12.4. The molecule has 2 aromatic carbocycles. The van der Waals surface area contributed by atoms with Gasteiger partial charge in [-0.25, -0.2) is 0 Å². The lowest BCUT2D eigenvalue weighted by molar-refractivity contribution is -0.134. The second-order valence-electron chi connectivity index (χ2n) is 6.39. The van der Waals surface area contributed by atoms with Gasteiger partial charge in [0.2, 0.25) is 11.8 Å². The van der Waals surface area contributed by atoms with E-state index in [0.29, 0.717) is 23.8 Å². The Hall–Kier alpha value is -2.53. The van der Waals surface area contributed by atoms with Gasteiger partial charge in [0.25, 0.3) is 0 Å². The number of hydrogen-bond donors (Lipinski definition) is 1. The van der Waals surface area contributed by atoms with Crippen LogP contribution < -0.4 is 10.2 Å². The molecule has 0 unspecified atom stereocenters. The summed E-state index contributed by atoms with van der Waals surface area (Å²) in [6.45, 7) is 4.66. The first-order valence-corrected chi connectivity index (χ1v) is 9.04. The minimum absolute atomic E-state index is 0.137. The normalized spacial score (nSPS) is 14.2. The summed E-state index contributed by atoms with van der Waals surface area (Å²) < 4.78 is 0. The third-order valence-electron chi connectivity index (χ3n) is 4.53. The van der Waals surface area contributed by atoms with Gasteiger partial charge >= 0.3 is 0 Å². The zero-order chi connectivity index (χ0) is 18.5. The molecule has 1 heterocycles. The average molecular weight is 372 g/mol. The molecule has 1 saturated heterocycles. The van der Waals surface area contributed by atoms with Crippen molar-refractivity contribution in [3.8, 4) is 0 Å². The fraction of sp³-hybridized carbons (Fsp3) is 0.300. The molecular formula is C20H22ClN3O2. The van der Waals surface area contributed by atoms with Crippen LogP contribution in [0.25, 0.3) is 0 Å². The van der Waals surface area contributed by atoms with Gasteiger partial charge < -0.3 is 15.1 Å². The van der Waals surface area contributed by atoms with E-state index in [1.165, 1.54) is 0 Å². The summed E-state index contributed by atoms with van der Waals surface area (Å²) in [6, 6.07) is 15.4. The molecule has 0 aliphatic carbocycles. The lowest BCUT2D eigenvalue weighted by atomic mass is 10.2. The first-order chi connectivity index (χ1) is 12.5. The fourth-order valence-corrected chi connectivity index (χ4v) is 3.29. The van der Waals surface area contributed by atoms with Crippen LogP contribution in [0.5, 0.6) is 0 Å². The highest BCUT2D eigenvalue weighted by Crippen LogP contribution is 2.20. The van der Waals surface area contributed by atoms with Crippen LogP contribution in [-0.4, -0.2) is 42.9 Å². The van der Waals surface area contributed by atoms with Crippen LogP contribution in [0, 0.1) is 6.92 Å². The third kappa shape index (κ3) is 4.55. The van der Waals surface area contributed by atoms with Crippen LogP contribution in [0.2, 0.25) is 5.02 Å². The number of carbonyl (C=O) groups is 2. The standard InChI is InChI=1S/C20H22ClN3O2/c1-15-13-16(21)7-8-18(15)22-19(25)14-20(26)24-11-9-23(10-12-24)17-5-3-2-4-6-17/h2-8,13H,9-12,14H2,1H3,(H,22,25). The highest BCUT2D eigenvalue weighted by Gasteiger charge is 2.23. The van der Waals surface area contributed by atoms with Crippen molar-refractivity contribution in [3.05, 3.63) is 59.1 Å². The second-order valence-corrected chi connectivity index (χ2v) is 6.82. The van der Waals surface area contributed by atoms with Gasteiger partial charge in [0.05, 0.1) is 0 Å². The Morgan fingerprint density at radius 2 is 1.73 bits per heavy atom. The number of nitrogens with zero attached hydrogens (tertiary/aromatic N) is 2. The molecule has 5 nitrogen and oxygen atoms in total. The molecule has 0 spiro atoms. The zero-order valence-corrected chi connectivity index (χ0v) is 15.5. The number of amides is 2. The van der Waals surface area contributed by atoms with Gasteiger partial charge in [-0.3, -0.25) is 9.59 Å². The Labute approximate surface area is 158 Å². The van der Waals surface area contributed by atoms with E-state index < -0.39 is 0 Å². The van der Waals surface area contributed by atoms with Crippen LogP contribution in [0.4, 0.5) is 11.4 Å². The molecule has 1 fully saturated rings. The van der Waals surface area contributed by atoms with Crippen molar-refractivity contribution in [2.45, 2.75) is 13.3 Å². The van der Waals surface area contributed by atoms with Crippen LogP contribution in [0.15, 0.2) is 48.5 Å². The number of aryl methyl sites for hydroxylation is 1. The number of carbonyl (C=O) groups excluding carboxylic acids is 2. The van der Waals surface area contributed by atoms with Crippen molar-refractivity contribution in [1.29, 1.82) is 0 Å². The quantitative estimate of drug-likeness (QED) is 0.839. The molecule has 0 bridgehead atoms. The largest absolute Gasteiger partial charge is 0.368 e. The SMILES string of the molecule is Cc1cc(Cl)ccc1NC(=O)CC(=O)N1CCN(c2ccccc2)CC1. The Balaban J connectivity index is 1.50. The van der Waals surface area contributed by atoms with Gasteiger partial charge in [-0.1, -0.05) is 29.8 Å². The topological polar surface area (TPSA) is 52.7 Å². The number of rotatable bonds is 4. The Kier molecular flexibility index (Phi) is 5.78. The van der Waals surface area contributed by atoms with Gasteiger partial charge in [0.1, 0.15) is 6.42 Å². The minimum Gasteiger partial charge on any atom is -0.368 e. The van der Waals surface area contributed by atoms with Crippen molar-refractivity contribution in [2.75, 3.05) is 36.4 Å². The summed E-state index contributed by atoms with van der Waals surface area (Å²) in [5, 5.41) is 3.40. The minimum atomic E-state index is -0.300. The monoisotopic (exact) mass is 371 g/mol. The number of benzene rings is 2. The number of hydrogen-bond acceptors (Lipinski definition) is 3. The van der Waals surface area contributed by atoms with Crippen molar-refractivity contribution < 1.29 is 9.59 Å². The molecule has 0 radical (unpaired) electrons. The zero-order valence-electron chi connectivity index (χ0n) is 14.7. The van der Waals surface area contributed by atoms with Gasteiger partial charge in [0.15, 0.2) is 0 Å². The number of anilines is 2. The van der Waals surface area contributed by atoms with Crippen LogP contribution in [0.1, 0.15) is 12.0 Å². The summed E-state index contributed by atoms with van der Waals surface area (Å²) in [5.74, 6) is -0.437. The first kappa shape index (κ1) is 18.3. The van der Waals surface area contributed by atoms with Crippen molar-refractivity contribution in [2.24, 2.45) is 0 Å². The Morgan fingerprint density at radius 1 is 1.04 bits per heavy atom. The smallest absolute Gasteiger partial charge is 0.233 e. The summed E-state index contributed by atoms with van der Waals surface area (Å²) >= 11 is 5.92. The average Bonchev–Trinajstić information content (AvgIpc) is 2.65. The summed E-state index contributed by atoms with van der Waals surface area (Å²) in [5.41, 5.74) is 2.71. The molecule has 1 aliphatic rings. The third-order valence-corrected chi connectivity index (χ3v) is 4.76. The summed E-state index contributed by atoms with van der Waals surface area (Å²) in [7, 11) is 0. The number of halogens is 1. The molecule has 1 aliphatic heterocycles. The van der Waals surface area contributed by atoms with E-state index in [1.807, 2.05) is 25.1 Å². The van der Waals surface area contributed by atoms with Crippen LogP contribution in [0.3, 0.4) is 0 Å². The van der Waals surface area contributed by atoms with Gasteiger partial charge in [0, 0.05) is 42.6 Å². The van der Waals surface area contributed by atoms with Crippen molar-refractivity contribution in [3.63, 3.8) is 0 Å². The summed E-state index contributed by atoms with van der Waals surface area (Å²) in [6.07, 6.45) is -0.145. The molecule has 0 atom stereocenters. The molecule has 3 rings (SSSR count). The number of nitrogens with one attached hydrogen (secondary N) is 1. The molecule has 2 aromatic rings. The molecule has 26 heavy (non-hydrogen) atoms. The van der Waals surface area contributed by atoms with Crippen LogP contribution >= 0.6 is 11.6 Å². The van der Waals surface area contributed by atoms with Gasteiger partial charge in [-0.05, 0) is 42.8 Å². The molecule has 1 N–H and O–H groups in total. The van der Waals surface area contributed by atoms with Crippen molar-refractivity contribution in [1.82, 2.24) is 4.90 Å². The molecule has 136 valence electrons. The summed E-state index contributed by atoms with van der Waals surface area (Å²) in [4.78, 5) is 28.6. The second kappa shape index (κ2) is 8.23. The molecule has 6 heteroatoms. The lowest BCUT2D eigenvalue weighted by Gasteiger charge is -2.36. The predicted molar refractivity (Wildman–Crippen MR) is 105 cm³/mol. The molecular weight excluding hydrogens is 350 g/mol. The predicted octanol–water partition coefficient (Wildman–Crippen LogP) is 3.33. The lowest BCUT2D eigenvalue weighted by Crippen LogP contribution is -2.49. The number of piperazine rings is 1. The first-order valence-electron chi connectivity index (χ1n) is 8.67.